The van der Waals surface area contributed by atoms with Gasteiger partial charge in [-0.25, -0.2) is 0 Å². The topological polar surface area (TPSA) is 66.4 Å². The normalized spacial score (nSPS) is 12.2. The van der Waals surface area contributed by atoms with Gasteiger partial charge in [-0.1, -0.05) is 38.1 Å². The fourth-order valence-corrected chi connectivity index (χ4v) is 1.93. The van der Waals surface area contributed by atoms with Crippen molar-refractivity contribution in [2.24, 2.45) is 5.92 Å². The van der Waals surface area contributed by atoms with Gasteiger partial charge in [-0.3, -0.25) is 9.59 Å². The smallest absolute Gasteiger partial charge is 0.322 e. The van der Waals surface area contributed by atoms with Crippen molar-refractivity contribution >= 4 is 11.9 Å². The average molecular weight is 263 g/mol. The summed E-state index contributed by atoms with van der Waals surface area (Å²) >= 11 is 0. The molecule has 0 saturated heterocycles. The van der Waals surface area contributed by atoms with Gasteiger partial charge in [0.25, 0.3) is 0 Å². The van der Waals surface area contributed by atoms with E-state index < -0.39 is 5.97 Å². The zero-order valence-corrected chi connectivity index (χ0v) is 11.6. The number of amides is 1. The molecule has 0 aliphatic rings. The Balaban J connectivity index is 2.73. The largest absolute Gasteiger partial charge is 0.480 e. The summed E-state index contributed by atoms with van der Waals surface area (Å²) in [6.45, 7) is 5.74. The highest BCUT2D eigenvalue weighted by molar-refractivity contribution is 5.86. The number of rotatable bonds is 6. The predicted molar refractivity (Wildman–Crippen MR) is 74.0 cm³/mol. The molecular formula is C15H21NO3. The van der Waals surface area contributed by atoms with E-state index in [0.717, 1.165) is 12.0 Å². The van der Waals surface area contributed by atoms with Crippen LogP contribution in [0.4, 0.5) is 0 Å². The molecular weight excluding hydrogens is 242 g/mol. The number of nitrogens with one attached hydrogen (secondary N) is 1. The molecule has 4 heteroatoms. The van der Waals surface area contributed by atoms with E-state index in [0.29, 0.717) is 5.92 Å². The van der Waals surface area contributed by atoms with Crippen LogP contribution in [0.15, 0.2) is 24.3 Å². The molecule has 1 aromatic rings. The number of carboxylic acids is 1. The number of carbonyl (C=O) groups is 2. The first-order chi connectivity index (χ1) is 8.90. The van der Waals surface area contributed by atoms with E-state index in [4.69, 9.17) is 5.11 Å². The minimum atomic E-state index is -1.03. The molecule has 0 unspecified atom stereocenters. The van der Waals surface area contributed by atoms with Crippen LogP contribution in [0.25, 0.3) is 0 Å². The number of hydrogen-bond donors (Lipinski definition) is 2. The lowest BCUT2D eigenvalue weighted by molar-refractivity contribution is -0.138. The van der Waals surface area contributed by atoms with E-state index in [1.807, 2.05) is 24.3 Å². The van der Waals surface area contributed by atoms with Gasteiger partial charge in [-0.05, 0) is 30.4 Å². The Hall–Kier alpha value is -1.84. The molecule has 1 aromatic carbocycles. The Morgan fingerprint density at radius 1 is 1.26 bits per heavy atom. The minimum Gasteiger partial charge on any atom is -0.480 e. The number of carboxylic acid groups (broad SMARTS) is 1. The molecule has 0 saturated carbocycles. The average Bonchev–Trinajstić information content (AvgIpc) is 2.34. The van der Waals surface area contributed by atoms with Crippen LogP contribution in [0.2, 0.25) is 0 Å². The molecule has 19 heavy (non-hydrogen) atoms. The SMILES string of the molecule is CC(C)Cc1cccc([C@@H](C)C(=O)NCC(=O)O)c1. The predicted octanol–water partition coefficient (Wildman–Crippen LogP) is 2.19. The van der Waals surface area contributed by atoms with Crippen LogP contribution in [0.3, 0.4) is 0 Å². The molecule has 0 heterocycles. The highest BCUT2D eigenvalue weighted by Crippen LogP contribution is 2.18. The van der Waals surface area contributed by atoms with Crippen LogP contribution in [0, 0.1) is 5.92 Å². The summed E-state index contributed by atoms with van der Waals surface area (Å²) in [4.78, 5) is 22.2. The highest BCUT2D eigenvalue weighted by Gasteiger charge is 2.16. The summed E-state index contributed by atoms with van der Waals surface area (Å²) in [5.41, 5.74) is 2.12. The van der Waals surface area contributed by atoms with Crippen molar-refractivity contribution in [3.8, 4) is 0 Å². The molecule has 1 atom stereocenters. The summed E-state index contributed by atoms with van der Waals surface area (Å²) in [6.07, 6.45) is 0.970. The maximum Gasteiger partial charge on any atom is 0.322 e. The van der Waals surface area contributed by atoms with E-state index in [1.165, 1.54) is 5.56 Å². The molecule has 0 aliphatic heterocycles. The zero-order chi connectivity index (χ0) is 14.4. The Bertz CT molecular complexity index is 454. The Labute approximate surface area is 113 Å². The van der Waals surface area contributed by atoms with Crippen LogP contribution < -0.4 is 5.32 Å². The third kappa shape index (κ3) is 5.12. The third-order valence-electron chi connectivity index (χ3n) is 2.90. The minimum absolute atomic E-state index is 0.260. The van der Waals surface area contributed by atoms with E-state index in [-0.39, 0.29) is 18.4 Å². The van der Waals surface area contributed by atoms with Crippen LogP contribution in [-0.4, -0.2) is 23.5 Å². The molecule has 2 N–H and O–H groups in total. The lowest BCUT2D eigenvalue weighted by Gasteiger charge is -2.13. The number of benzene rings is 1. The lowest BCUT2D eigenvalue weighted by Crippen LogP contribution is -2.32. The van der Waals surface area contributed by atoms with E-state index >= 15 is 0 Å². The molecule has 0 aromatic heterocycles. The summed E-state index contributed by atoms with van der Waals surface area (Å²) in [5.74, 6) is -1.07. The summed E-state index contributed by atoms with van der Waals surface area (Å²) < 4.78 is 0. The van der Waals surface area contributed by atoms with Gasteiger partial charge in [0, 0.05) is 0 Å². The molecule has 4 nitrogen and oxygen atoms in total. The Kier molecular flexibility index (Phi) is 5.55. The van der Waals surface area contributed by atoms with Gasteiger partial charge in [0.1, 0.15) is 6.54 Å². The van der Waals surface area contributed by atoms with Gasteiger partial charge in [-0.2, -0.15) is 0 Å². The number of aliphatic carboxylic acids is 1. The molecule has 0 aliphatic carbocycles. The van der Waals surface area contributed by atoms with Crippen molar-refractivity contribution in [3.05, 3.63) is 35.4 Å². The molecule has 104 valence electrons. The van der Waals surface area contributed by atoms with E-state index in [9.17, 15) is 9.59 Å². The molecule has 0 bridgehead atoms. The first kappa shape index (κ1) is 15.2. The van der Waals surface area contributed by atoms with Crippen molar-refractivity contribution in [1.82, 2.24) is 5.32 Å². The van der Waals surface area contributed by atoms with E-state index in [2.05, 4.69) is 19.2 Å². The number of carbonyl (C=O) groups excluding carboxylic acids is 1. The van der Waals surface area contributed by atoms with Gasteiger partial charge < -0.3 is 10.4 Å². The first-order valence-corrected chi connectivity index (χ1v) is 6.48. The van der Waals surface area contributed by atoms with Gasteiger partial charge in [-0.15, -0.1) is 0 Å². The monoisotopic (exact) mass is 263 g/mol. The second-order valence-electron chi connectivity index (χ2n) is 5.18. The fourth-order valence-electron chi connectivity index (χ4n) is 1.93. The second kappa shape index (κ2) is 6.92. The summed E-state index contributed by atoms with van der Waals surface area (Å²) in [6, 6.07) is 7.90. The fraction of sp³-hybridized carbons (Fsp3) is 0.467. The van der Waals surface area contributed by atoms with Crippen LogP contribution in [-0.2, 0) is 16.0 Å². The van der Waals surface area contributed by atoms with Crippen LogP contribution >= 0.6 is 0 Å². The quantitative estimate of drug-likeness (QED) is 0.826. The second-order valence-corrected chi connectivity index (χ2v) is 5.18. The van der Waals surface area contributed by atoms with Crippen LogP contribution in [0.5, 0.6) is 0 Å². The van der Waals surface area contributed by atoms with Crippen molar-refractivity contribution in [2.45, 2.75) is 33.1 Å². The summed E-state index contributed by atoms with van der Waals surface area (Å²) in [7, 11) is 0. The maximum absolute atomic E-state index is 11.8. The first-order valence-electron chi connectivity index (χ1n) is 6.48. The molecule has 1 amide bonds. The van der Waals surface area contributed by atoms with Gasteiger partial charge in [0.15, 0.2) is 0 Å². The van der Waals surface area contributed by atoms with Crippen molar-refractivity contribution in [2.75, 3.05) is 6.54 Å². The Morgan fingerprint density at radius 2 is 1.95 bits per heavy atom. The van der Waals surface area contributed by atoms with Crippen molar-refractivity contribution in [1.29, 1.82) is 0 Å². The van der Waals surface area contributed by atoms with Crippen LogP contribution in [0.1, 0.15) is 37.8 Å². The van der Waals surface area contributed by atoms with E-state index in [1.54, 1.807) is 6.92 Å². The summed E-state index contributed by atoms with van der Waals surface area (Å²) in [5, 5.41) is 10.9. The third-order valence-corrected chi connectivity index (χ3v) is 2.90. The van der Waals surface area contributed by atoms with Gasteiger partial charge >= 0.3 is 5.97 Å². The Morgan fingerprint density at radius 3 is 2.53 bits per heavy atom. The molecule has 0 spiro atoms. The lowest BCUT2D eigenvalue weighted by atomic mass is 9.95. The molecule has 1 rings (SSSR count). The van der Waals surface area contributed by atoms with Crippen molar-refractivity contribution in [3.63, 3.8) is 0 Å². The zero-order valence-electron chi connectivity index (χ0n) is 11.6. The maximum atomic E-state index is 11.8. The molecule has 0 radical (unpaired) electrons. The highest BCUT2D eigenvalue weighted by atomic mass is 16.4. The standard InChI is InChI=1S/C15H21NO3/c1-10(2)7-12-5-4-6-13(8-12)11(3)15(19)16-9-14(17)18/h4-6,8,10-11H,7,9H2,1-3H3,(H,16,19)(H,17,18)/t11-/m1/s1. The van der Waals surface area contributed by atoms with Gasteiger partial charge in [0.05, 0.1) is 5.92 Å². The molecule has 0 fully saturated rings. The van der Waals surface area contributed by atoms with Gasteiger partial charge in [0.2, 0.25) is 5.91 Å². The number of hydrogen-bond acceptors (Lipinski definition) is 2. The van der Waals surface area contributed by atoms with Crippen molar-refractivity contribution < 1.29 is 14.7 Å².